The Balaban J connectivity index is 1.54. The molecule has 0 aliphatic carbocycles. The molecule has 0 aromatic heterocycles. The van der Waals surface area contributed by atoms with Crippen molar-refractivity contribution in [2.24, 2.45) is 5.92 Å². The maximum atomic E-state index is 13.0. The fourth-order valence-corrected chi connectivity index (χ4v) is 4.60. The quantitative estimate of drug-likeness (QED) is 0.756. The van der Waals surface area contributed by atoms with Crippen LogP contribution in [0.5, 0.6) is 0 Å². The predicted octanol–water partition coefficient (Wildman–Crippen LogP) is 0.877. The third kappa shape index (κ3) is 3.69. The van der Waals surface area contributed by atoms with Gasteiger partial charge < -0.3 is 10.2 Å². The second-order valence-electron chi connectivity index (χ2n) is 8.45. The van der Waals surface area contributed by atoms with Crippen LogP contribution in [0.2, 0.25) is 0 Å². The zero-order valence-electron chi connectivity index (χ0n) is 16.5. The van der Waals surface area contributed by atoms with E-state index in [0.29, 0.717) is 30.5 Å². The molecule has 0 bridgehead atoms. The Kier molecular flexibility index (Phi) is 5.21. The average Bonchev–Trinajstić information content (AvgIpc) is 2.88. The number of nitrogens with one attached hydrogen (secondary N) is 2. The molecule has 3 amide bonds. The number of fused-ring (bicyclic) bond motifs is 1. The normalized spacial score (nSPS) is 28.9. The molecule has 3 atom stereocenters. The first-order valence-corrected chi connectivity index (χ1v) is 10.1. The van der Waals surface area contributed by atoms with E-state index in [1.165, 1.54) is 0 Å². The summed E-state index contributed by atoms with van der Waals surface area (Å²) in [7, 11) is 0. The van der Waals surface area contributed by atoms with E-state index in [1.807, 2.05) is 12.1 Å². The molecule has 2 fully saturated rings. The second-order valence-corrected chi connectivity index (χ2v) is 8.45. The Morgan fingerprint density at radius 1 is 1.14 bits per heavy atom. The molecule has 4 rings (SSSR count). The van der Waals surface area contributed by atoms with E-state index in [2.05, 4.69) is 35.4 Å². The summed E-state index contributed by atoms with van der Waals surface area (Å²) in [5.41, 5.74) is 2.87. The van der Waals surface area contributed by atoms with Crippen molar-refractivity contribution in [1.29, 1.82) is 0 Å². The zero-order chi connectivity index (χ0) is 19.8. The number of hydrogen-bond acceptors (Lipinski definition) is 5. The van der Waals surface area contributed by atoms with Crippen LogP contribution >= 0.6 is 0 Å². The van der Waals surface area contributed by atoms with Crippen LogP contribution in [-0.4, -0.2) is 59.2 Å². The molecule has 3 heterocycles. The Morgan fingerprint density at radius 3 is 2.75 bits per heavy atom. The Bertz CT molecular complexity index is 797. The number of hydrogen-bond donors (Lipinski definition) is 2. The predicted molar refractivity (Wildman–Crippen MR) is 104 cm³/mol. The molecule has 3 aliphatic rings. The highest BCUT2D eigenvalue weighted by atomic mass is 16.2. The van der Waals surface area contributed by atoms with E-state index in [0.717, 1.165) is 37.3 Å². The molecular weight excluding hydrogens is 356 g/mol. The highest BCUT2D eigenvalue weighted by Gasteiger charge is 2.39. The van der Waals surface area contributed by atoms with Gasteiger partial charge in [0.2, 0.25) is 11.8 Å². The number of carbonyl (C=O) groups is 3. The van der Waals surface area contributed by atoms with Crippen molar-refractivity contribution < 1.29 is 14.4 Å². The summed E-state index contributed by atoms with van der Waals surface area (Å²) < 4.78 is 0. The summed E-state index contributed by atoms with van der Waals surface area (Å²) in [6.07, 6.45) is 0.673. The standard InChI is InChI=1S/C21H28N4O3/c1-13-8-22-14(2)10-24(9-13)11-15-4-3-5-16-17(15)12-25(21(16)28)18-6-7-19(26)23-20(18)27/h3-5,13-14,18,22H,6-12H2,1-2H3,(H,23,26,27). The van der Waals surface area contributed by atoms with Gasteiger partial charge in [-0.1, -0.05) is 19.1 Å². The molecule has 1 aromatic carbocycles. The van der Waals surface area contributed by atoms with E-state index in [4.69, 9.17) is 0 Å². The van der Waals surface area contributed by atoms with Crippen molar-refractivity contribution >= 4 is 17.7 Å². The van der Waals surface area contributed by atoms with Crippen molar-refractivity contribution in [3.63, 3.8) is 0 Å². The second kappa shape index (κ2) is 7.64. The fraction of sp³-hybridized carbons (Fsp3) is 0.571. The van der Waals surface area contributed by atoms with Gasteiger partial charge in [-0.25, -0.2) is 0 Å². The van der Waals surface area contributed by atoms with Crippen LogP contribution in [0.25, 0.3) is 0 Å². The van der Waals surface area contributed by atoms with Crippen molar-refractivity contribution in [3.05, 3.63) is 34.9 Å². The molecule has 3 aliphatic heterocycles. The van der Waals surface area contributed by atoms with Gasteiger partial charge in [0.1, 0.15) is 6.04 Å². The molecule has 0 spiro atoms. The number of rotatable bonds is 3. The smallest absolute Gasteiger partial charge is 0.255 e. The molecular formula is C21H28N4O3. The van der Waals surface area contributed by atoms with Crippen LogP contribution in [0.4, 0.5) is 0 Å². The molecule has 7 nitrogen and oxygen atoms in total. The average molecular weight is 384 g/mol. The van der Waals surface area contributed by atoms with E-state index in [1.54, 1.807) is 4.90 Å². The first kappa shape index (κ1) is 19.1. The van der Waals surface area contributed by atoms with Crippen molar-refractivity contribution in [1.82, 2.24) is 20.4 Å². The first-order valence-electron chi connectivity index (χ1n) is 10.1. The molecule has 28 heavy (non-hydrogen) atoms. The van der Waals surface area contributed by atoms with Gasteiger partial charge in [0.25, 0.3) is 5.91 Å². The number of amides is 3. The SMILES string of the molecule is CC1CNC(C)CN(Cc2cccc3c2CN(C2CCC(=O)NC2=O)C3=O)C1. The minimum Gasteiger partial charge on any atom is -0.322 e. The molecule has 2 N–H and O–H groups in total. The lowest BCUT2D eigenvalue weighted by molar-refractivity contribution is -0.136. The minimum atomic E-state index is -0.562. The van der Waals surface area contributed by atoms with Crippen molar-refractivity contribution in [3.8, 4) is 0 Å². The number of imide groups is 1. The molecule has 2 saturated heterocycles. The fourth-order valence-electron chi connectivity index (χ4n) is 4.60. The van der Waals surface area contributed by atoms with Gasteiger partial charge in [-0.3, -0.25) is 24.6 Å². The molecule has 7 heteroatoms. The van der Waals surface area contributed by atoms with E-state index >= 15 is 0 Å². The Morgan fingerprint density at radius 2 is 1.96 bits per heavy atom. The summed E-state index contributed by atoms with van der Waals surface area (Å²) >= 11 is 0. The van der Waals surface area contributed by atoms with Crippen LogP contribution in [0, 0.1) is 5.92 Å². The van der Waals surface area contributed by atoms with Gasteiger partial charge in [0.05, 0.1) is 0 Å². The van der Waals surface area contributed by atoms with E-state index in [9.17, 15) is 14.4 Å². The van der Waals surface area contributed by atoms with Crippen LogP contribution in [-0.2, 0) is 22.7 Å². The van der Waals surface area contributed by atoms with Crippen LogP contribution in [0.3, 0.4) is 0 Å². The number of carbonyl (C=O) groups excluding carboxylic acids is 3. The van der Waals surface area contributed by atoms with Gasteiger partial charge in [0, 0.05) is 44.2 Å². The van der Waals surface area contributed by atoms with Crippen LogP contribution in [0.15, 0.2) is 18.2 Å². The summed E-state index contributed by atoms with van der Waals surface area (Å²) in [6.45, 7) is 8.71. The third-order valence-electron chi connectivity index (χ3n) is 5.99. The van der Waals surface area contributed by atoms with E-state index < -0.39 is 6.04 Å². The van der Waals surface area contributed by atoms with Crippen molar-refractivity contribution in [2.45, 2.75) is 51.9 Å². The van der Waals surface area contributed by atoms with Gasteiger partial charge in [-0.15, -0.1) is 0 Å². The van der Waals surface area contributed by atoms with Crippen LogP contribution < -0.4 is 10.6 Å². The maximum Gasteiger partial charge on any atom is 0.255 e. The Labute approximate surface area is 165 Å². The van der Waals surface area contributed by atoms with Crippen LogP contribution in [0.1, 0.15) is 48.2 Å². The highest BCUT2D eigenvalue weighted by Crippen LogP contribution is 2.30. The molecule has 1 aromatic rings. The van der Waals surface area contributed by atoms with Gasteiger partial charge >= 0.3 is 0 Å². The maximum absolute atomic E-state index is 13.0. The summed E-state index contributed by atoms with van der Waals surface area (Å²) in [5, 5.41) is 5.92. The lowest BCUT2D eigenvalue weighted by atomic mass is 10.0. The lowest BCUT2D eigenvalue weighted by Gasteiger charge is -2.29. The number of piperidine rings is 1. The topological polar surface area (TPSA) is 81.8 Å². The van der Waals surface area contributed by atoms with Gasteiger partial charge in [-0.05, 0) is 43.0 Å². The molecule has 3 unspecified atom stereocenters. The number of nitrogens with zero attached hydrogens (tertiary/aromatic N) is 2. The summed E-state index contributed by atoms with van der Waals surface area (Å²) in [5.74, 6) is -0.154. The monoisotopic (exact) mass is 384 g/mol. The highest BCUT2D eigenvalue weighted by molar-refractivity contribution is 6.05. The largest absolute Gasteiger partial charge is 0.322 e. The zero-order valence-corrected chi connectivity index (χ0v) is 16.5. The lowest BCUT2D eigenvalue weighted by Crippen LogP contribution is -2.52. The first-order chi connectivity index (χ1) is 13.4. The van der Waals surface area contributed by atoms with E-state index in [-0.39, 0.29) is 24.1 Å². The molecule has 150 valence electrons. The Hall–Kier alpha value is -2.25. The van der Waals surface area contributed by atoms with Crippen molar-refractivity contribution in [2.75, 3.05) is 19.6 Å². The van der Waals surface area contributed by atoms with Gasteiger partial charge in [-0.2, -0.15) is 0 Å². The third-order valence-corrected chi connectivity index (χ3v) is 5.99. The van der Waals surface area contributed by atoms with Gasteiger partial charge in [0.15, 0.2) is 0 Å². The molecule has 0 radical (unpaired) electrons. The molecule has 0 saturated carbocycles. The number of benzene rings is 1. The summed E-state index contributed by atoms with van der Waals surface area (Å²) in [4.78, 5) is 40.7. The summed E-state index contributed by atoms with van der Waals surface area (Å²) in [6, 6.07) is 5.75. The minimum absolute atomic E-state index is 0.106.